The van der Waals surface area contributed by atoms with Crippen LogP contribution in [0.2, 0.25) is 0 Å². The molecular formula is C46H57NO14. The lowest BCUT2D eigenvalue weighted by atomic mass is 9.44. The molecule has 0 spiro atoms. The van der Waals surface area contributed by atoms with Crippen molar-refractivity contribution < 1.29 is 67.7 Å². The highest BCUT2D eigenvalue weighted by Gasteiger charge is 2.77. The van der Waals surface area contributed by atoms with Crippen molar-refractivity contribution >= 4 is 30.0 Å². The second-order valence-corrected chi connectivity index (χ2v) is 18.3. The minimum atomic E-state index is -2.29. The first kappa shape index (κ1) is 45.4. The molecule has 2 aromatic rings. The number of fused-ring (bicyclic) bond motifs is 5. The van der Waals surface area contributed by atoms with Gasteiger partial charge in [0.1, 0.15) is 35.6 Å². The molecule has 15 nitrogen and oxygen atoms in total. The van der Waals surface area contributed by atoms with Gasteiger partial charge in [-0.05, 0) is 62.1 Å². The second-order valence-electron chi connectivity index (χ2n) is 18.3. The summed E-state index contributed by atoms with van der Waals surface area (Å²) >= 11 is 0. The van der Waals surface area contributed by atoms with E-state index >= 15 is 0 Å². The van der Waals surface area contributed by atoms with Gasteiger partial charge in [0, 0.05) is 37.5 Å². The fraction of sp³-hybridized carbons (Fsp3) is 0.543. The number of amides is 1. The third-order valence-corrected chi connectivity index (χ3v) is 13.1. The zero-order valence-electron chi connectivity index (χ0n) is 36.1. The van der Waals surface area contributed by atoms with Crippen molar-refractivity contribution in [2.45, 2.75) is 135 Å². The van der Waals surface area contributed by atoms with Crippen molar-refractivity contribution in [2.24, 2.45) is 16.7 Å². The van der Waals surface area contributed by atoms with Crippen LogP contribution in [0.25, 0.3) is 0 Å². The number of aliphatic hydroxyl groups is 3. The van der Waals surface area contributed by atoms with E-state index in [4.69, 9.17) is 28.4 Å². The molecule has 1 saturated heterocycles. The van der Waals surface area contributed by atoms with Crippen LogP contribution in [-0.4, -0.2) is 105 Å². The summed E-state index contributed by atoms with van der Waals surface area (Å²) in [5.74, 6) is -4.81. The predicted octanol–water partition coefficient (Wildman–Crippen LogP) is 4.82. The highest BCUT2D eigenvalue weighted by atomic mass is 16.6. The van der Waals surface area contributed by atoms with Crippen molar-refractivity contribution in [3.63, 3.8) is 0 Å². The first-order chi connectivity index (χ1) is 28.4. The Kier molecular flexibility index (Phi) is 12.2. The average molecular weight is 848 g/mol. The molecule has 1 aliphatic heterocycles. The maximum atomic E-state index is 14.3. The van der Waals surface area contributed by atoms with Gasteiger partial charge in [0.05, 0.1) is 30.2 Å². The summed E-state index contributed by atoms with van der Waals surface area (Å²) in [6, 6.07) is 14.9. The molecule has 1 amide bonds. The van der Waals surface area contributed by atoms with Gasteiger partial charge >= 0.3 is 30.0 Å². The molecule has 3 fully saturated rings. The molecule has 4 aliphatic rings. The summed E-state index contributed by atoms with van der Waals surface area (Å²) in [5, 5.41) is 40.2. The number of esters is 4. The number of hydrogen-bond acceptors (Lipinski definition) is 14. The highest BCUT2D eigenvalue weighted by Crippen LogP contribution is 2.66. The topological polar surface area (TPSA) is 213 Å². The van der Waals surface area contributed by atoms with Gasteiger partial charge in [-0.1, -0.05) is 75.9 Å². The van der Waals surface area contributed by atoms with E-state index in [9.17, 15) is 39.3 Å². The molecule has 2 saturated carbocycles. The number of carbonyl (C=O) groups excluding carboxylic acids is 5. The smallest absolute Gasteiger partial charge is 0.408 e. The Bertz CT molecular complexity index is 2090. The molecule has 61 heavy (non-hydrogen) atoms. The molecule has 0 radical (unpaired) electrons. The zero-order chi connectivity index (χ0) is 45.0. The first-order valence-corrected chi connectivity index (χ1v) is 20.4. The molecule has 15 heteroatoms. The van der Waals surface area contributed by atoms with Crippen LogP contribution in [0.3, 0.4) is 0 Å². The van der Waals surface area contributed by atoms with E-state index in [0.29, 0.717) is 11.1 Å². The van der Waals surface area contributed by atoms with E-state index in [0.717, 1.165) is 0 Å². The van der Waals surface area contributed by atoms with Gasteiger partial charge in [-0.3, -0.25) is 9.59 Å². The normalized spacial score (nSPS) is 32.5. The van der Waals surface area contributed by atoms with Crippen LogP contribution in [0.5, 0.6) is 0 Å². The van der Waals surface area contributed by atoms with Gasteiger partial charge in [0.25, 0.3) is 0 Å². The molecular weight excluding hydrogens is 790 g/mol. The maximum absolute atomic E-state index is 14.3. The van der Waals surface area contributed by atoms with E-state index in [1.165, 1.54) is 26.0 Å². The fourth-order valence-electron chi connectivity index (χ4n) is 9.96. The van der Waals surface area contributed by atoms with E-state index in [2.05, 4.69) is 11.9 Å². The third-order valence-electron chi connectivity index (χ3n) is 13.1. The summed E-state index contributed by atoms with van der Waals surface area (Å²) in [5.41, 5.74) is -6.76. The van der Waals surface area contributed by atoms with Crippen molar-refractivity contribution in [3.05, 3.63) is 95.1 Å². The lowest BCUT2D eigenvalue weighted by molar-refractivity contribution is -0.346. The Labute approximate surface area is 355 Å². The van der Waals surface area contributed by atoms with Crippen molar-refractivity contribution in [2.75, 3.05) is 6.61 Å². The van der Waals surface area contributed by atoms with Crippen LogP contribution >= 0.6 is 0 Å². The van der Waals surface area contributed by atoms with Crippen LogP contribution in [-0.2, 0) is 42.8 Å². The van der Waals surface area contributed by atoms with Gasteiger partial charge in [-0.2, -0.15) is 0 Å². The minimum Gasteiger partial charge on any atom is -0.456 e. The first-order valence-electron chi connectivity index (χ1n) is 20.4. The molecule has 0 aromatic heterocycles. The molecule has 11 atom stereocenters. The van der Waals surface area contributed by atoms with Crippen molar-refractivity contribution in [3.8, 4) is 0 Å². The number of nitrogens with one attached hydrogen (secondary N) is 1. The SMILES string of the molecule is C=C1[C@H](OC(C)=O)C2=C(C)[C@@H](OC(=O)[C@H](O)[C@@H](NC(=O)OC(C)(C)C)c3ccccc3)C[C@@](O)(C(OC(=O)c3ccccc3)C3[C@@]1(C)[C@@H](O)C[C@H]1OC[C@@]31OC(C)=O)C2(C)C. The second kappa shape index (κ2) is 16.3. The lowest BCUT2D eigenvalue weighted by Crippen LogP contribution is -2.80. The average Bonchev–Trinajstić information content (AvgIpc) is 3.17. The monoisotopic (exact) mass is 847 g/mol. The molecule has 4 N–H and O–H groups in total. The lowest BCUT2D eigenvalue weighted by Gasteiger charge is -2.68. The number of rotatable bonds is 9. The third kappa shape index (κ3) is 7.97. The van der Waals surface area contributed by atoms with Crippen molar-refractivity contribution in [1.29, 1.82) is 0 Å². The predicted molar refractivity (Wildman–Crippen MR) is 217 cm³/mol. The summed E-state index contributed by atoms with van der Waals surface area (Å²) < 4.78 is 36.2. The molecule has 6 rings (SSSR count). The number of hydrogen-bond donors (Lipinski definition) is 4. The van der Waals surface area contributed by atoms with Crippen LogP contribution in [0.15, 0.2) is 84.0 Å². The summed E-state index contributed by atoms with van der Waals surface area (Å²) in [6.07, 6.45) is -10.1. The number of ether oxygens (including phenoxy) is 6. The Morgan fingerprint density at radius 3 is 2.07 bits per heavy atom. The maximum Gasteiger partial charge on any atom is 0.408 e. The van der Waals surface area contributed by atoms with Crippen molar-refractivity contribution in [1.82, 2.24) is 5.32 Å². The quantitative estimate of drug-likeness (QED) is 0.152. The van der Waals surface area contributed by atoms with E-state index in [-0.39, 0.29) is 29.7 Å². The standard InChI is InChI=1S/C46H57NO14/c1-24-30(58-40(53)35(51)34(28-17-13-11-14-18-28)47-41(54)61-42(5,6)7)22-46(55)38(59-39(52)29-19-15-12-16-20-29)37-44(10,25(2)36(57-26(3)48)33(24)43(46,8)9)31(50)21-32-45(37,23-56-32)60-27(4)49/h11-20,30-32,34-38,50-51,55H,2,21-23H2,1,3-10H3,(H,47,54)/t30-,31-,32+,34-,35+,36-,37?,38?,44+,45-,46+/m0/s1. The number of aliphatic hydroxyl groups excluding tert-OH is 2. The molecule has 330 valence electrons. The van der Waals surface area contributed by atoms with Gasteiger partial charge in [-0.15, -0.1) is 0 Å². The minimum absolute atomic E-state index is 0.0522. The van der Waals surface area contributed by atoms with Crippen LogP contribution in [0.1, 0.15) is 97.1 Å². The molecule has 3 aliphatic carbocycles. The summed E-state index contributed by atoms with van der Waals surface area (Å²) in [7, 11) is 0. The van der Waals surface area contributed by atoms with E-state index in [1.807, 2.05) is 0 Å². The van der Waals surface area contributed by atoms with E-state index < -0.39 is 113 Å². The Hall–Kier alpha value is -5.09. The molecule has 2 bridgehead atoms. The van der Waals surface area contributed by atoms with Crippen LogP contribution < -0.4 is 5.32 Å². The Morgan fingerprint density at radius 2 is 1.52 bits per heavy atom. The molecule has 2 aromatic carbocycles. The number of alkyl carbamates (subject to hydrolysis) is 1. The largest absolute Gasteiger partial charge is 0.456 e. The highest BCUT2D eigenvalue weighted by molar-refractivity contribution is 5.89. The molecule has 2 unspecified atom stereocenters. The Balaban J connectivity index is 1.54. The summed E-state index contributed by atoms with van der Waals surface area (Å²) in [4.78, 5) is 67.7. The van der Waals surface area contributed by atoms with Crippen LogP contribution in [0, 0.1) is 16.7 Å². The zero-order valence-corrected chi connectivity index (χ0v) is 36.1. The Morgan fingerprint density at radius 1 is 0.918 bits per heavy atom. The van der Waals surface area contributed by atoms with Gasteiger partial charge in [0.2, 0.25) is 0 Å². The van der Waals surface area contributed by atoms with Gasteiger partial charge in [-0.25, -0.2) is 14.4 Å². The van der Waals surface area contributed by atoms with E-state index in [1.54, 1.807) is 97.0 Å². The summed E-state index contributed by atoms with van der Waals surface area (Å²) in [6.45, 7) is 18.2. The van der Waals surface area contributed by atoms with Gasteiger partial charge in [0.15, 0.2) is 11.7 Å². The van der Waals surface area contributed by atoms with Crippen LogP contribution in [0.4, 0.5) is 4.79 Å². The number of carbonyl (C=O) groups is 5. The fourth-order valence-corrected chi connectivity index (χ4v) is 9.96. The number of benzene rings is 2. The van der Waals surface area contributed by atoms with Gasteiger partial charge < -0.3 is 49.1 Å². The molecule has 1 heterocycles.